The molecule has 0 aliphatic heterocycles. The maximum absolute atomic E-state index is 5.40. The molecular weight excluding hydrogens is 242 g/mol. The van der Waals surface area contributed by atoms with E-state index in [4.69, 9.17) is 4.74 Å². The van der Waals surface area contributed by atoms with E-state index in [0.717, 1.165) is 15.9 Å². The summed E-state index contributed by atoms with van der Waals surface area (Å²) in [6.45, 7) is 6.23. The molecule has 0 aliphatic carbocycles. The summed E-state index contributed by atoms with van der Waals surface area (Å²) < 4.78 is 6.55. The van der Waals surface area contributed by atoms with E-state index in [9.17, 15) is 0 Å². The van der Waals surface area contributed by atoms with Gasteiger partial charge in [-0.2, -0.15) is 0 Å². The first-order valence-electron chi connectivity index (χ1n) is 4.55. The average molecular weight is 258 g/mol. The second-order valence-electron chi connectivity index (χ2n) is 3.35. The zero-order chi connectivity index (χ0) is 10.9. The Morgan fingerprint density at radius 2 is 1.64 bits per heavy atom. The van der Waals surface area contributed by atoms with Gasteiger partial charge in [-0.25, -0.2) is 0 Å². The lowest BCUT2D eigenvalue weighted by molar-refractivity contribution is 0.413. The van der Waals surface area contributed by atoms with Crippen molar-refractivity contribution in [2.75, 3.05) is 19.5 Å². The normalized spacial score (nSPS) is 10.1. The monoisotopic (exact) mass is 257 g/mol. The highest BCUT2D eigenvalue weighted by atomic mass is 79.9. The molecule has 0 aromatic heterocycles. The highest BCUT2D eigenvalue weighted by Crippen LogP contribution is 2.39. The smallest absolute Gasteiger partial charge is 0.145 e. The summed E-state index contributed by atoms with van der Waals surface area (Å²) in [7, 11) is 3.61. The van der Waals surface area contributed by atoms with Gasteiger partial charge in [-0.05, 0) is 37.5 Å². The average Bonchev–Trinajstić information content (AvgIpc) is 2.20. The van der Waals surface area contributed by atoms with Crippen LogP contribution in [0.2, 0.25) is 0 Å². The van der Waals surface area contributed by atoms with Gasteiger partial charge in [0.1, 0.15) is 5.75 Å². The Hall–Kier alpha value is -0.700. The molecule has 0 unspecified atom stereocenters. The van der Waals surface area contributed by atoms with E-state index in [1.165, 1.54) is 16.7 Å². The summed E-state index contributed by atoms with van der Waals surface area (Å²) in [5.41, 5.74) is 4.66. The van der Waals surface area contributed by atoms with Crippen LogP contribution in [0, 0.1) is 20.8 Å². The maximum atomic E-state index is 5.40. The predicted molar refractivity (Wildman–Crippen MR) is 64.5 cm³/mol. The lowest BCUT2D eigenvalue weighted by atomic mass is 10.0. The largest absolute Gasteiger partial charge is 0.494 e. The molecule has 0 amide bonds. The highest BCUT2D eigenvalue weighted by Gasteiger charge is 2.15. The first kappa shape index (κ1) is 11.4. The zero-order valence-corrected chi connectivity index (χ0v) is 10.9. The minimum atomic E-state index is 0.936. The van der Waals surface area contributed by atoms with E-state index in [1.54, 1.807) is 7.11 Å². The number of methoxy groups -OCH3 is 1. The SMILES string of the molecule is CNc1c(C)c(Br)c(C)c(C)c1OC. The number of hydrogen-bond donors (Lipinski definition) is 1. The molecule has 1 aromatic carbocycles. The zero-order valence-electron chi connectivity index (χ0n) is 9.29. The van der Waals surface area contributed by atoms with Crippen molar-refractivity contribution in [2.24, 2.45) is 0 Å². The van der Waals surface area contributed by atoms with Crippen molar-refractivity contribution in [2.45, 2.75) is 20.8 Å². The summed E-state index contributed by atoms with van der Waals surface area (Å²) in [6, 6.07) is 0. The molecule has 0 saturated carbocycles. The van der Waals surface area contributed by atoms with E-state index in [0.29, 0.717) is 0 Å². The van der Waals surface area contributed by atoms with Gasteiger partial charge >= 0.3 is 0 Å². The summed E-state index contributed by atoms with van der Waals surface area (Å²) in [6.07, 6.45) is 0. The number of halogens is 1. The van der Waals surface area contributed by atoms with Crippen LogP contribution < -0.4 is 10.1 Å². The molecule has 1 aromatic rings. The molecule has 3 heteroatoms. The van der Waals surface area contributed by atoms with Crippen molar-refractivity contribution in [3.63, 3.8) is 0 Å². The maximum Gasteiger partial charge on any atom is 0.145 e. The first-order valence-corrected chi connectivity index (χ1v) is 5.34. The van der Waals surface area contributed by atoms with Gasteiger partial charge in [0, 0.05) is 11.5 Å². The lowest BCUT2D eigenvalue weighted by Crippen LogP contribution is -2.01. The Kier molecular flexibility index (Phi) is 3.43. The quantitative estimate of drug-likeness (QED) is 0.877. The third kappa shape index (κ3) is 1.61. The summed E-state index contributed by atoms with van der Waals surface area (Å²) in [4.78, 5) is 0. The van der Waals surface area contributed by atoms with Gasteiger partial charge in [0.15, 0.2) is 0 Å². The van der Waals surface area contributed by atoms with Crippen LogP contribution in [-0.2, 0) is 0 Å². The number of benzene rings is 1. The van der Waals surface area contributed by atoms with Crippen LogP contribution >= 0.6 is 15.9 Å². The van der Waals surface area contributed by atoms with Gasteiger partial charge in [0.2, 0.25) is 0 Å². The van der Waals surface area contributed by atoms with Crippen molar-refractivity contribution >= 4 is 21.6 Å². The fourth-order valence-corrected chi connectivity index (χ4v) is 2.14. The second-order valence-corrected chi connectivity index (χ2v) is 4.14. The van der Waals surface area contributed by atoms with E-state index < -0.39 is 0 Å². The molecule has 14 heavy (non-hydrogen) atoms. The van der Waals surface area contributed by atoms with Crippen LogP contribution in [0.4, 0.5) is 5.69 Å². The molecule has 0 spiro atoms. The minimum absolute atomic E-state index is 0.936. The third-order valence-corrected chi connectivity index (χ3v) is 3.81. The van der Waals surface area contributed by atoms with E-state index in [1.807, 2.05) is 7.05 Å². The van der Waals surface area contributed by atoms with E-state index >= 15 is 0 Å². The Labute approximate surface area is 93.8 Å². The van der Waals surface area contributed by atoms with Gasteiger partial charge in [-0.3, -0.25) is 0 Å². The molecule has 0 heterocycles. The predicted octanol–water partition coefficient (Wildman–Crippen LogP) is 3.42. The fraction of sp³-hybridized carbons (Fsp3) is 0.455. The first-order chi connectivity index (χ1) is 6.54. The number of ether oxygens (including phenoxy) is 1. The van der Waals surface area contributed by atoms with Crippen LogP contribution in [0.25, 0.3) is 0 Å². The van der Waals surface area contributed by atoms with Crippen LogP contribution in [0.3, 0.4) is 0 Å². The summed E-state index contributed by atoms with van der Waals surface area (Å²) in [5, 5.41) is 3.17. The molecule has 2 nitrogen and oxygen atoms in total. The number of anilines is 1. The molecule has 0 radical (unpaired) electrons. The molecule has 0 atom stereocenters. The minimum Gasteiger partial charge on any atom is -0.494 e. The molecular formula is C11H16BrNO. The Balaban J connectivity index is 3.57. The molecule has 0 aliphatic rings. The van der Waals surface area contributed by atoms with Gasteiger partial charge in [0.05, 0.1) is 12.8 Å². The third-order valence-electron chi connectivity index (χ3n) is 2.62. The lowest BCUT2D eigenvalue weighted by Gasteiger charge is -2.18. The van der Waals surface area contributed by atoms with Gasteiger partial charge in [0.25, 0.3) is 0 Å². The van der Waals surface area contributed by atoms with Crippen molar-refractivity contribution in [3.8, 4) is 5.75 Å². The van der Waals surface area contributed by atoms with Crippen molar-refractivity contribution in [3.05, 3.63) is 21.2 Å². The number of rotatable bonds is 2. The van der Waals surface area contributed by atoms with E-state index in [-0.39, 0.29) is 0 Å². The molecule has 0 bridgehead atoms. The van der Waals surface area contributed by atoms with Gasteiger partial charge in [-0.1, -0.05) is 15.9 Å². The number of hydrogen-bond acceptors (Lipinski definition) is 2. The van der Waals surface area contributed by atoms with Crippen LogP contribution in [0.15, 0.2) is 4.47 Å². The number of nitrogens with one attached hydrogen (secondary N) is 1. The van der Waals surface area contributed by atoms with Crippen molar-refractivity contribution in [1.29, 1.82) is 0 Å². The molecule has 1 rings (SSSR count). The van der Waals surface area contributed by atoms with E-state index in [2.05, 4.69) is 42.0 Å². The summed E-state index contributed by atoms with van der Waals surface area (Å²) in [5.74, 6) is 0.936. The van der Waals surface area contributed by atoms with Gasteiger partial charge in [-0.15, -0.1) is 0 Å². The Morgan fingerprint density at radius 3 is 2.07 bits per heavy atom. The Bertz CT molecular complexity index is 326. The molecule has 0 fully saturated rings. The topological polar surface area (TPSA) is 21.3 Å². The Morgan fingerprint density at radius 1 is 1.07 bits per heavy atom. The highest BCUT2D eigenvalue weighted by molar-refractivity contribution is 9.10. The molecule has 78 valence electrons. The molecule has 1 N–H and O–H groups in total. The van der Waals surface area contributed by atoms with Crippen LogP contribution in [-0.4, -0.2) is 14.2 Å². The van der Waals surface area contributed by atoms with Crippen molar-refractivity contribution in [1.82, 2.24) is 0 Å². The van der Waals surface area contributed by atoms with Crippen LogP contribution in [0.1, 0.15) is 16.7 Å². The molecule has 0 saturated heterocycles. The fourth-order valence-electron chi connectivity index (χ4n) is 1.64. The van der Waals surface area contributed by atoms with Crippen LogP contribution in [0.5, 0.6) is 5.75 Å². The van der Waals surface area contributed by atoms with Crippen molar-refractivity contribution < 1.29 is 4.74 Å². The second kappa shape index (κ2) is 4.22. The standard InChI is InChI=1S/C11H16BrNO/c1-6-7(2)11(14-5)10(13-4)8(3)9(6)12/h13H,1-5H3. The summed E-state index contributed by atoms with van der Waals surface area (Å²) >= 11 is 3.59. The van der Waals surface area contributed by atoms with Gasteiger partial charge < -0.3 is 10.1 Å².